The number of anilines is 2. The van der Waals surface area contributed by atoms with Gasteiger partial charge in [-0.3, -0.25) is 0 Å². The second kappa shape index (κ2) is 8.76. The van der Waals surface area contributed by atoms with Crippen molar-refractivity contribution in [1.29, 1.82) is 0 Å². The quantitative estimate of drug-likeness (QED) is 0.403. The minimum atomic E-state index is -0.518. The maximum absolute atomic E-state index is 14.0. The van der Waals surface area contributed by atoms with E-state index in [-0.39, 0.29) is 11.6 Å². The normalized spacial score (nSPS) is 10.6. The molecule has 5 rings (SSSR count). The second-order valence-electron chi connectivity index (χ2n) is 7.02. The molecular formula is C23H20F2N6O. The molecule has 0 unspecified atom stereocenters. The fourth-order valence-electron chi connectivity index (χ4n) is 2.96. The van der Waals surface area contributed by atoms with Gasteiger partial charge in [0, 0.05) is 42.4 Å². The van der Waals surface area contributed by atoms with E-state index in [0.717, 1.165) is 16.8 Å². The molecule has 0 amide bonds. The number of hydrogen-bond donors (Lipinski definition) is 2. The lowest BCUT2D eigenvalue weighted by molar-refractivity contribution is 0.445. The largest absolute Gasteiger partial charge is 0.452 e. The van der Waals surface area contributed by atoms with E-state index in [1.54, 1.807) is 29.2 Å². The number of ether oxygens (including phenoxy) is 1. The number of nitrogens with zero attached hydrogens (tertiary/aromatic N) is 4. The average molecular weight is 434 g/mol. The third kappa shape index (κ3) is 4.67. The Morgan fingerprint density at radius 1 is 0.875 bits per heavy atom. The highest BCUT2D eigenvalue weighted by Crippen LogP contribution is 2.32. The van der Waals surface area contributed by atoms with Gasteiger partial charge in [0.2, 0.25) is 0 Å². The van der Waals surface area contributed by atoms with Crippen molar-refractivity contribution < 1.29 is 13.5 Å². The standard InChI is InChI=1S/C17H14FN5O.C6H6FN/c1-22-9-14(20-10-22)11-6-17(15-4-5-21-23(15)8-11)24-16-3-2-12(19)7-13(16)18;7-5-1-3-6(8)4-2-5/h2-10H,19H2,1H3;1-4H,8H2. The predicted octanol–water partition coefficient (Wildman–Crippen LogP) is 4.66. The lowest BCUT2D eigenvalue weighted by Crippen LogP contribution is -1.96. The number of halogens is 2. The summed E-state index contributed by atoms with van der Waals surface area (Å²) in [5, 5.41) is 4.24. The Morgan fingerprint density at radius 3 is 2.28 bits per heavy atom. The third-order valence-corrected chi connectivity index (χ3v) is 4.52. The second-order valence-corrected chi connectivity index (χ2v) is 7.02. The number of fused-ring (bicyclic) bond motifs is 1. The lowest BCUT2D eigenvalue weighted by atomic mass is 10.2. The summed E-state index contributed by atoms with van der Waals surface area (Å²) in [4.78, 5) is 4.33. The number of pyridine rings is 1. The van der Waals surface area contributed by atoms with Gasteiger partial charge in [-0.2, -0.15) is 5.10 Å². The van der Waals surface area contributed by atoms with Crippen molar-refractivity contribution in [2.24, 2.45) is 7.05 Å². The summed E-state index contributed by atoms with van der Waals surface area (Å²) in [6.07, 6.45) is 7.11. The molecule has 4 N–H and O–H groups in total. The third-order valence-electron chi connectivity index (χ3n) is 4.52. The molecule has 32 heavy (non-hydrogen) atoms. The molecule has 0 radical (unpaired) electrons. The van der Waals surface area contributed by atoms with Crippen LogP contribution in [0.3, 0.4) is 0 Å². The van der Waals surface area contributed by atoms with Crippen LogP contribution in [0.15, 0.2) is 79.5 Å². The molecule has 162 valence electrons. The van der Waals surface area contributed by atoms with Gasteiger partial charge in [-0.05, 0) is 48.5 Å². The summed E-state index contributed by atoms with van der Waals surface area (Å²) in [6.45, 7) is 0. The molecule has 3 aromatic heterocycles. The van der Waals surface area contributed by atoms with Crippen LogP contribution in [-0.2, 0) is 7.05 Å². The highest BCUT2D eigenvalue weighted by Gasteiger charge is 2.12. The number of benzene rings is 2. The van der Waals surface area contributed by atoms with Gasteiger partial charge < -0.3 is 20.8 Å². The highest BCUT2D eigenvalue weighted by atomic mass is 19.1. The zero-order chi connectivity index (χ0) is 22.7. The van der Waals surface area contributed by atoms with Crippen molar-refractivity contribution in [3.8, 4) is 22.8 Å². The molecule has 0 saturated carbocycles. The molecule has 0 aliphatic rings. The van der Waals surface area contributed by atoms with Crippen LogP contribution in [0.2, 0.25) is 0 Å². The van der Waals surface area contributed by atoms with Gasteiger partial charge >= 0.3 is 0 Å². The monoisotopic (exact) mass is 434 g/mol. The van der Waals surface area contributed by atoms with E-state index in [2.05, 4.69) is 10.1 Å². The molecule has 0 aliphatic carbocycles. The van der Waals surface area contributed by atoms with E-state index >= 15 is 0 Å². The number of hydrogen-bond acceptors (Lipinski definition) is 5. The Morgan fingerprint density at radius 2 is 1.62 bits per heavy atom. The Bertz CT molecular complexity index is 1340. The molecule has 0 saturated heterocycles. The van der Waals surface area contributed by atoms with Crippen LogP contribution in [0.25, 0.3) is 16.8 Å². The van der Waals surface area contributed by atoms with Crippen molar-refractivity contribution >= 4 is 16.9 Å². The summed E-state index contributed by atoms with van der Waals surface area (Å²) in [6, 6.07) is 13.6. The number of rotatable bonds is 3. The predicted molar refractivity (Wildman–Crippen MR) is 119 cm³/mol. The van der Waals surface area contributed by atoms with Crippen molar-refractivity contribution in [2.45, 2.75) is 0 Å². The molecular weight excluding hydrogens is 414 g/mol. The number of nitrogen functional groups attached to an aromatic ring is 2. The first-order chi connectivity index (χ1) is 15.4. The van der Waals surface area contributed by atoms with E-state index in [4.69, 9.17) is 16.2 Å². The molecule has 7 nitrogen and oxygen atoms in total. The zero-order valence-electron chi connectivity index (χ0n) is 17.1. The van der Waals surface area contributed by atoms with Crippen LogP contribution in [0, 0.1) is 11.6 Å². The highest BCUT2D eigenvalue weighted by molar-refractivity contribution is 5.69. The molecule has 0 bridgehead atoms. The van der Waals surface area contributed by atoms with Crippen LogP contribution < -0.4 is 16.2 Å². The summed E-state index contributed by atoms with van der Waals surface area (Å²) in [5.74, 6) is -0.181. The molecule has 0 aliphatic heterocycles. The number of nitrogens with two attached hydrogens (primary N) is 2. The minimum Gasteiger partial charge on any atom is -0.452 e. The Kier molecular flexibility index (Phi) is 5.71. The number of imidazole rings is 1. The van der Waals surface area contributed by atoms with Gasteiger partial charge in [-0.1, -0.05) is 0 Å². The van der Waals surface area contributed by atoms with Gasteiger partial charge in [-0.25, -0.2) is 18.3 Å². The lowest BCUT2D eigenvalue weighted by Gasteiger charge is -2.10. The maximum atomic E-state index is 14.0. The van der Waals surface area contributed by atoms with Crippen molar-refractivity contribution in [3.63, 3.8) is 0 Å². The fourth-order valence-corrected chi connectivity index (χ4v) is 2.96. The molecule has 0 atom stereocenters. The number of aryl methyl sites for hydroxylation is 1. The van der Waals surface area contributed by atoms with E-state index in [1.807, 2.05) is 30.1 Å². The molecule has 0 fully saturated rings. The molecule has 2 aromatic carbocycles. The topological polar surface area (TPSA) is 96.4 Å². The van der Waals surface area contributed by atoms with Crippen LogP contribution in [0.4, 0.5) is 20.2 Å². The summed E-state index contributed by atoms with van der Waals surface area (Å²) in [7, 11) is 1.89. The number of aromatic nitrogens is 4. The minimum absolute atomic E-state index is 0.102. The molecule has 9 heteroatoms. The first kappa shape index (κ1) is 20.9. The van der Waals surface area contributed by atoms with Gasteiger partial charge in [0.05, 0.1) is 18.2 Å². The van der Waals surface area contributed by atoms with Gasteiger partial charge in [0.15, 0.2) is 17.3 Å². The fraction of sp³-hybridized carbons (Fsp3) is 0.0435. The molecule has 0 spiro atoms. The van der Waals surface area contributed by atoms with Crippen LogP contribution in [-0.4, -0.2) is 19.2 Å². The Balaban J connectivity index is 0.000000260. The SMILES string of the molecule is Cn1cnc(-c2cc(Oc3ccc(N)cc3F)c3ccnn3c2)c1.Nc1ccc(F)cc1. The summed E-state index contributed by atoms with van der Waals surface area (Å²) in [5.41, 5.74) is 14.1. The first-order valence-corrected chi connectivity index (χ1v) is 9.59. The summed E-state index contributed by atoms with van der Waals surface area (Å²) < 4.78 is 35.4. The van der Waals surface area contributed by atoms with Gasteiger partial charge in [-0.15, -0.1) is 0 Å². The zero-order valence-corrected chi connectivity index (χ0v) is 17.1. The van der Waals surface area contributed by atoms with Crippen LogP contribution in [0.1, 0.15) is 0 Å². The Hall–Kier alpha value is -4.40. The van der Waals surface area contributed by atoms with Crippen LogP contribution >= 0.6 is 0 Å². The van der Waals surface area contributed by atoms with Crippen molar-refractivity contribution in [1.82, 2.24) is 19.2 Å². The molecule has 5 aromatic rings. The van der Waals surface area contributed by atoms with E-state index in [1.165, 1.54) is 36.4 Å². The molecule has 3 heterocycles. The summed E-state index contributed by atoms with van der Waals surface area (Å²) >= 11 is 0. The van der Waals surface area contributed by atoms with Crippen LogP contribution in [0.5, 0.6) is 11.5 Å². The average Bonchev–Trinajstić information content (AvgIpc) is 3.41. The van der Waals surface area contributed by atoms with Crippen molar-refractivity contribution in [2.75, 3.05) is 11.5 Å². The van der Waals surface area contributed by atoms with Gasteiger partial charge in [0.1, 0.15) is 11.3 Å². The van der Waals surface area contributed by atoms with Crippen molar-refractivity contribution in [3.05, 3.63) is 91.1 Å². The maximum Gasteiger partial charge on any atom is 0.167 e. The van der Waals surface area contributed by atoms with E-state index < -0.39 is 5.82 Å². The van der Waals surface area contributed by atoms with Gasteiger partial charge in [0.25, 0.3) is 0 Å². The van der Waals surface area contributed by atoms with E-state index in [9.17, 15) is 8.78 Å². The Labute approximate surface area is 182 Å². The smallest absolute Gasteiger partial charge is 0.167 e. The first-order valence-electron chi connectivity index (χ1n) is 9.59. The van der Waals surface area contributed by atoms with E-state index in [0.29, 0.717) is 17.1 Å².